The molecule has 3 aliphatic rings. The summed E-state index contributed by atoms with van der Waals surface area (Å²) in [5, 5.41) is 13.8. The Morgan fingerprint density at radius 2 is 1.65 bits per heavy atom. The van der Waals surface area contributed by atoms with Gasteiger partial charge in [0.15, 0.2) is 0 Å². The molecule has 0 unspecified atom stereocenters. The molecule has 3 aliphatic heterocycles. The van der Waals surface area contributed by atoms with Crippen LogP contribution in [0, 0.1) is 25.7 Å². The number of likely N-dealkylation sites (tertiary alicyclic amines) is 1. The SMILES string of the molecule is C=CCCC(=O)NC[C@@H](OC(=O)[C@@H]1[C@H]2C(=O)N([C@H](CO)c3ccccc3)[C@H](C(=O)N(CC=C)c3c(C)cccc3C)[C@]23CC[C@H]1O3)c1ccccc1. The van der Waals surface area contributed by atoms with Crippen LogP contribution in [0.15, 0.2) is 104 Å². The Labute approximate surface area is 305 Å². The van der Waals surface area contributed by atoms with Crippen LogP contribution in [-0.4, -0.2) is 71.1 Å². The van der Waals surface area contributed by atoms with Gasteiger partial charge in [-0.25, -0.2) is 0 Å². The van der Waals surface area contributed by atoms with Gasteiger partial charge in [-0.05, 0) is 55.4 Å². The van der Waals surface area contributed by atoms with Gasteiger partial charge in [0.05, 0.1) is 37.1 Å². The highest BCUT2D eigenvalue weighted by Gasteiger charge is 2.76. The quantitative estimate of drug-likeness (QED) is 0.163. The molecule has 6 rings (SSSR count). The number of aliphatic hydroxyl groups is 1. The topological polar surface area (TPSA) is 125 Å². The number of para-hydroxylation sites is 1. The number of amides is 3. The normalized spacial score (nSPS) is 24.1. The van der Waals surface area contributed by atoms with Crippen molar-refractivity contribution in [2.45, 2.75) is 69.4 Å². The lowest BCUT2D eigenvalue weighted by atomic mass is 9.70. The van der Waals surface area contributed by atoms with E-state index in [-0.39, 0.29) is 31.3 Å². The lowest BCUT2D eigenvalue weighted by Gasteiger charge is -2.40. The van der Waals surface area contributed by atoms with Gasteiger partial charge >= 0.3 is 5.97 Å². The van der Waals surface area contributed by atoms with Gasteiger partial charge in [-0.2, -0.15) is 0 Å². The highest BCUT2D eigenvalue weighted by molar-refractivity contribution is 6.05. The van der Waals surface area contributed by atoms with Gasteiger partial charge in [0, 0.05) is 18.7 Å². The molecule has 272 valence electrons. The Morgan fingerprint density at radius 3 is 2.27 bits per heavy atom. The third-order valence-corrected chi connectivity index (χ3v) is 10.7. The lowest BCUT2D eigenvalue weighted by Crippen LogP contribution is -2.57. The number of esters is 1. The summed E-state index contributed by atoms with van der Waals surface area (Å²) in [6.07, 6.45) is 3.39. The lowest BCUT2D eigenvalue weighted by molar-refractivity contribution is -0.161. The molecule has 3 aromatic rings. The Morgan fingerprint density at radius 1 is 1.00 bits per heavy atom. The highest BCUT2D eigenvalue weighted by atomic mass is 16.6. The minimum atomic E-state index is -1.35. The Hall–Kier alpha value is -5.06. The van der Waals surface area contributed by atoms with E-state index in [9.17, 15) is 19.5 Å². The Kier molecular flexibility index (Phi) is 11.1. The first kappa shape index (κ1) is 36.7. The van der Waals surface area contributed by atoms with Crippen molar-refractivity contribution in [3.63, 3.8) is 0 Å². The summed E-state index contributed by atoms with van der Waals surface area (Å²) in [7, 11) is 0. The van der Waals surface area contributed by atoms with Crippen LogP contribution >= 0.6 is 0 Å². The minimum Gasteiger partial charge on any atom is -0.455 e. The summed E-state index contributed by atoms with van der Waals surface area (Å²) in [5.74, 6) is -3.70. The molecule has 0 aliphatic carbocycles. The number of hydrogen-bond acceptors (Lipinski definition) is 7. The number of carbonyl (C=O) groups excluding carboxylic acids is 4. The van der Waals surface area contributed by atoms with E-state index in [0.717, 1.165) is 11.1 Å². The van der Waals surface area contributed by atoms with Gasteiger partial charge in [-0.3, -0.25) is 19.2 Å². The summed E-state index contributed by atoms with van der Waals surface area (Å²) in [5.41, 5.74) is 2.46. The molecule has 1 spiro atoms. The molecule has 3 heterocycles. The van der Waals surface area contributed by atoms with Crippen LogP contribution in [0.3, 0.4) is 0 Å². The van der Waals surface area contributed by atoms with Gasteiger partial charge in [-0.15, -0.1) is 13.2 Å². The number of nitrogens with zero attached hydrogens (tertiary/aromatic N) is 2. The second kappa shape index (κ2) is 15.7. The monoisotopic (exact) mass is 705 g/mol. The second-order valence-corrected chi connectivity index (χ2v) is 13.9. The standard InChI is InChI=1S/C42H47N3O7/c1-5-7-21-34(47)43-25-33(30-19-12-9-13-20-30)51-41(50)35-32-22-23-42(52-32)36(35)39(48)45(31(26-46)29-17-10-8-11-18-29)38(42)40(49)44(24-6-2)37-27(3)15-14-16-28(37)4/h5-6,8-20,31-33,35-36,38,46H,1-2,7,21-26H2,3-4H3,(H,43,47)/t31-,32-,33-,35+,36+,38-,42+/m1/s1. The summed E-state index contributed by atoms with van der Waals surface area (Å²) in [6, 6.07) is 22.0. The third-order valence-electron chi connectivity index (χ3n) is 10.7. The summed E-state index contributed by atoms with van der Waals surface area (Å²) >= 11 is 0. The maximum atomic E-state index is 15.2. The molecule has 10 nitrogen and oxygen atoms in total. The maximum absolute atomic E-state index is 15.2. The van der Waals surface area contributed by atoms with Crippen molar-refractivity contribution in [3.8, 4) is 0 Å². The predicted octanol–water partition coefficient (Wildman–Crippen LogP) is 5.30. The van der Waals surface area contributed by atoms with Crippen molar-refractivity contribution in [2.75, 3.05) is 24.6 Å². The fourth-order valence-corrected chi connectivity index (χ4v) is 8.45. The average Bonchev–Trinajstić information content (AvgIpc) is 3.80. The number of hydrogen-bond donors (Lipinski definition) is 2. The van der Waals surface area contributed by atoms with Crippen molar-refractivity contribution in [1.82, 2.24) is 10.2 Å². The molecule has 2 N–H and O–H groups in total. The average molecular weight is 706 g/mol. The molecule has 3 amide bonds. The second-order valence-electron chi connectivity index (χ2n) is 13.9. The van der Waals surface area contributed by atoms with E-state index in [4.69, 9.17) is 9.47 Å². The molecular weight excluding hydrogens is 658 g/mol. The van der Waals surface area contributed by atoms with Gasteiger partial charge < -0.3 is 29.7 Å². The number of anilines is 1. The molecule has 3 fully saturated rings. The molecule has 3 saturated heterocycles. The van der Waals surface area contributed by atoms with Crippen molar-refractivity contribution < 1.29 is 33.8 Å². The van der Waals surface area contributed by atoms with Gasteiger partial charge in [0.1, 0.15) is 17.7 Å². The van der Waals surface area contributed by atoms with E-state index in [1.165, 1.54) is 4.90 Å². The van der Waals surface area contributed by atoms with Crippen LogP contribution in [0.4, 0.5) is 5.69 Å². The number of fused-ring (bicyclic) bond motifs is 1. The Balaban J connectivity index is 1.39. The van der Waals surface area contributed by atoms with Crippen LogP contribution in [0.1, 0.15) is 60.1 Å². The van der Waals surface area contributed by atoms with Crippen LogP contribution < -0.4 is 10.2 Å². The third kappa shape index (κ3) is 6.68. The molecule has 3 aromatic carbocycles. The number of allylic oxidation sites excluding steroid dienone is 1. The Bertz CT molecular complexity index is 1790. The fourth-order valence-electron chi connectivity index (χ4n) is 8.45. The smallest absolute Gasteiger partial charge is 0.313 e. The number of ether oxygens (including phenoxy) is 2. The number of aliphatic hydroxyl groups excluding tert-OH is 1. The van der Waals surface area contributed by atoms with Crippen molar-refractivity contribution in [1.29, 1.82) is 0 Å². The first-order valence-corrected chi connectivity index (χ1v) is 17.9. The number of aryl methyl sites for hydroxylation is 2. The molecule has 2 bridgehead atoms. The van der Waals surface area contributed by atoms with E-state index >= 15 is 4.79 Å². The number of carbonyl (C=O) groups is 4. The summed E-state index contributed by atoms with van der Waals surface area (Å²) < 4.78 is 12.9. The van der Waals surface area contributed by atoms with E-state index < -0.39 is 60.2 Å². The summed E-state index contributed by atoms with van der Waals surface area (Å²) in [4.78, 5) is 60.2. The molecule has 0 aromatic heterocycles. The number of rotatable bonds is 15. The van der Waals surface area contributed by atoms with Gasteiger partial charge in [-0.1, -0.05) is 91.0 Å². The summed E-state index contributed by atoms with van der Waals surface area (Å²) in [6.45, 7) is 11.2. The van der Waals surface area contributed by atoms with Crippen LogP contribution in [0.5, 0.6) is 0 Å². The van der Waals surface area contributed by atoms with E-state index in [1.807, 2.05) is 92.7 Å². The first-order valence-electron chi connectivity index (χ1n) is 17.9. The molecule has 0 radical (unpaired) electrons. The molecule has 7 atom stereocenters. The largest absolute Gasteiger partial charge is 0.455 e. The van der Waals surface area contributed by atoms with Crippen LogP contribution in [-0.2, 0) is 28.7 Å². The fraction of sp³-hybridized carbons (Fsp3) is 0.381. The van der Waals surface area contributed by atoms with Crippen molar-refractivity contribution in [2.24, 2.45) is 11.8 Å². The van der Waals surface area contributed by atoms with Gasteiger partial charge in [0.25, 0.3) is 5.91 Å². The molecule has 52 heavy (non-hydrogen) atoms. The first-order chi connectivity index (χ1) is 25.2. The molecule has 0 saturated carbocycles. The van der Waals surface area contributed by atoms with E-state index in [2.05, 4.69) is 18.5 Å². The predicted molar refractivity (Wildman–Crippen MR) is 197 cm³/mol. The van der Waals surface area contributed by atoms with Crippen LogP contribution in [0.2, 0.25) is 0 Å². The zero-order valence-electron chi connectivity index (χ0n) is 29.8. The number of nitrogens with one attached hydrogen (secondary N) is 1. The van der Waals surface area contributed by atoms with E-state index in [1.54, 1.807) is 17.1 Å². The maximum Gasteiger partial charge on any atom is 0.313 e. The van der Waals surface area contributed by atoms with E-state index in [0.29, 0.717) is 36.1 Å². The molecular formula is C42H47N3O7. The highest BCUT2D eigenvalue weighted by Crippen LogP contribution is 2.60. The van der Waals surface area contributed by atoms with Crippen molar-refractivity contribution in [3.05, 3.63) is 126 Å². The number of benzene rings is 3. The van der Waals surface area contributed by atoms with Crippen LogP contribution in [0.25, 0.3) is 0 Å². The zero-order valence-corrected chi connectivity index (χ0v) is 29.8. The van der Waals surface area contributed by atoms with Crippen molar-refractivity contribution >= 4 is 29.4 Å². The minimum absolute atomic E-state index is 0.0356. The molecule has 10 heteroatoms. The zero-order chi connectivity index (χ0) is 37.0. The van der Waals surface area contributed by atoms with Gasteiger partial charge in [0.2, 0.25) is 11.8 Å².